The zero-order chi connectivity index (χ0) is 31.9. The van der Waals surface area contributed by atoms with Crippen molar-refractivity contribution in [2.75, 3.05) is 10.6 Å². The molecule has 1 aromatic heterocycles. The van der Waals surface area contributed by atoms with E-state index in [1.165, 1.54) is 48.7 Å². The number of urea groups is 1. The van der Waals surface area contributed by atoms with Crippen LogP contribution in [-0.2, 0) is 16.3 Å². The van der Waals surface area contributed by atoms with Crippen LogP contribution in [0.3, 0.4) is 0 Å². The molecule has 0 spiro atoms. The highest BCUT2D eigenvalue weighted by Crippen LogP contribution is 2.36. The van der Waals surface area contributed by atoms with Gasteiger partial charge in [0.05, 0.1) is 21.2 Å². The highest BCUT2D eigenvalue weighted by atomic mass is 35.5. The van der Waals surface area contributed by atoms with Crippen molar-refractivity contribution < 1.29 is 44.9 Å². The van der Waals surface area contributed by atoms with Crippen molar-refractivity contribution in [2.24, 2.45) is 5.73 Å². The minimum atomic E-state index is -4.71. The Morgan fingerprint density at radius 2 is 1.60 bits per heavy atom. The summed E-state index contributed by atoms with van der Waals surface area (Å²) in [6, 6.07) is 14.0. The number of ether oxygens (including phenoxy) is 1. The van der Waals surface area contributed by atoms with E-state index in [1.54, 1.807) is 12.1 Å². The summed E-state index contributed by atoms with van der Waals surface area (Å²) in [6.07, 6.45) is -3.42. The molecule has 0 saturated heterocycles. The van der Waals surface area contributed by atoms with Crippen LogP contribution in [0, 0.1) is 12.7 Å². The summed E-state index contributed by atoms with van der Waals surface area (Å²) in [7, 11) is -4.02. The third-order valence-corrected chi connectivity index (χ3v) is 6.45. The zero-order valence-electron chi connectivity index (χ0n) is 21.8. The lowest BCUT2D eigenvalue weighted by molar-refractivity contribution is -0.137. The number of carbonyl (C=O) groups excluding carboxylic acids is 2. The van der Waals surface area contributed by atoms with E-state index in [1.807, 2.05) is 6.92 Å². The summed E-state index contributed by atoms with van der Waals surface area (Å²) < 4.78 is 88.1. The second-order valence-corrected chi connectivity index (χ2v) is 10.4. The van der Waals surface area contributed by atoms with Gasteiger partial charge >= 0.3 is 12.2 Å². The van der Waals surface area contributed by atoms with Gasteiger partial charge in [0, 0.05) is 24.0 Å². The highest BCUT2D eigenvalue weighted by molar-refractivity contribution is 7.85. The Morgan fingerprint density at radius 3 is 2.19 bits per heavy atom. The molecule has 4 aromatic rings. The number of hydrogen-bond acceptors (Lipinski definition) is 6. The molecule has 10 nitrogen and oxygen atoms in total. The van der Waals surface area contributed by atoms with Gasteiger partial charge in [-0.1, -0.05) is 29.3 Å². The predicted molar refractivity (Wildman–Crippen MR) is 149 cm³/mol. The molecule has 0 aliphatic heterocycles. The van der Waals surface area contributed by atoms with Gasteiger partial charge in [-0.2, -0.15) is 21.6 Å². The maximum absolute atomic E-state index is 14.4. The number of primary amides is 1. The Bertz CT molecular complexity index is 1750. The Hall–Kier alpha value is -4.73. The van der Waals surface area contributed by atoms with Crippen LogP contribution < -0.4 is 21.1 Å². The molecule has 0 radical (unpaired) electrons. The number of aryl methyl sites for hydroxylation is 1. The lowest BCUT2D eigenvalue weighted by Crippen LogP contribution is -2.20. The van der Waals surface area contributed by atoms with Crippen molar-refractivity contribution in [3.63, 3.8) is 0 Å². The van der Waals surface area contributed by atoms with Crippen molar-refractivity contribution in [3.8, 4) is 11.5 Å². The standard InChI is InChI=1S/C20H13ClF4N4O3.C7H8O3S/c21-14-3-1-10(7-13(14)20(23,24)25)28-19(31)29-16-4-2-11(8-15(16)22)32-12-5-6-27-17(9-12)18(26)30;1-6-2-4-7(5-3-6)11(8,9)10/h1-9H,(H2,26,30)(H2,28,29,31);2-5H,1H3,(H,8,9,10). The minimum absolute atomic E-state index is 0.0441. The fraction of sp³-hybridized carbons (Fsp3) is 0.0741. The summed E-state index contributed by atoms with van der Waals surface area (Å²) in [5.41, 5.74) is 4.47. The van der Waals surface area contributed by atoms with Gasteiger partial charge < -0.3 is 21.1 Å². The molecular weight excluding hydrogens is 620 g/mol. The van der Waals surface area contributed by atoms with Crippen LogP contribution >= 0.6 is 11.6 Å². The van der Waals surface area contributed by atoms with E-state index in [0.717, 1.165) is 17.7 Å². The van der Waals surface area contributed by atoms with Crippen molar-refractivity contribution in [1.82, 2.24) is 4.98 Å². The number of nitrogens with two attached hydrogens (primary N) is 1. The minimum Gasteiger partial charge on any atom is -0.457 e. The second kappa shape index (κ2) is 13.5. The molecule has 4 rings (SSSR count). The summed E-state index contributed by atoms with van der Waals surface area (Å²) in [4.78, 5) is 26.9. The molecule has 0 aliphatic rings. The van der Waals surface area contributed by atoms with Gasteiger partial charge in [-0.25, -0.2) is 9.18 Å². The molecule has 1 heterocycles. The molecule has 226 valence electrons. The van der Waals surface area contributed by atoms with E-state index in [9.17, 15) is 35.6 Å². The SMILES string of the molecule is Cc1ccc(S(=O)(=O)O)cc1.NC(=O)c1cc(Oc2ccc(NC(=O)Nc3ccc(Cl)c(C(F)(F)F)c3)c(F)c2)ccn1. The number of benzene rings is 3. The number of pyridine rings is 1. The van der Waals surface area contributed by atoms with E-state index in [2.05, 4.69) is 15.6 Å². The molecule has 0 saturated carbocycles. The molecule has 0 fully saturated rings. The molecule has 0 unspecified atom stereocenters. The van der Waals surface area contributed by atoms with Gasteiger partial charge in [-0.05, 0) is 55.5 Å². The summed E-state index contributed by atoms with van der Waals surface area (Å²) in [6.45, 7) is 1.84. The van der Waals surface area contributed by atoms with Crippen LogP contribution in [0.25, 0.3) is 0 Å². The zero-order valence-corrected chi connectivity index (χ0v) is 23.4. The lowest BCUT2D eigenvalue weighted by atomic mass is 10.2. The van der Waals surface area contributed by atoms with Gasteiger partial charge in [-0.3, -0.25) is 14.3 Å². The van der Waals surface area contributed by atoms with E-state index < -0.39 is 44.6 Å². The first kappa shape index (κ1) is 32.8. The molecule has 0 aliphatic carbocycles. The molecule has 16 heteroatoms. The summed E-state index contributed by atoms with van der Waals surface area (Å²) in [5, 5.41) is 3.83. The first-order valence-corrected chi connectivity index (χ1v) is 13.6. The number of nitrogens with zero attached hydrogens (tertiary/aromatic N) is 1. The fourth-order valence-corrected chi connectivity index (χ4v) is 3.93. The van der Waals surface area contributed by atoms with E-state index >= 15 is 0 Å². The first-order chi connectivity index (χ1) is 20.0. The average Bonchev–Trinajstić information content (AvgIpc) is 2.91. The number of anilines is 2. The maximum atomic E-state index is 14.4. The number of aromatic nitrogens is 1. The van der Waals surface area contributed by atoms with E-state index in [-0.39, 0.29) is 33.5 Å². The molecule has 0 atom stereocenters. The second-order valence-electron chi connectivity index (χ2n) is 8.54. The van der Waals surface area contributed by atoms with Gasteiger partial charge in [0.2, 0.25) is 0 Å². The maximum Gasteiger partial charge on any atom is 0.417 e. The van der Waals surface area contributed by atoms with Crippen molar-refractivity contribution in [3.05, 3.63) is 107 Å². The average molecular weight is 641 g/mol. The van der Waals surface area contributed by atoms with Gasteiger partial charge in [0.15, 0.2) is 0 Å². The van der Waals surface area contributed by atoms with Gasteiger partial charge in [-0.15, -0.1) is 0 Å². The molecular formula is C27H21ClF4N4O6S. The molecule has 43 heavy (non-hydrogen) atoms. The van der Waals surface area contributed by atoms with Crippen LogP contribution in [0.15, 0.2) is 83.9 Å². The number of nitrogens with one attached hydrogen (secondary N) is 2. The Balaban J connectivity index is 0.000000386. The van der Waals surface area contributed by atoms with Crippen LogP contribution in [0.5, 0.6) is 11.5 Å². The lowest BCUT2D eigenvalue weighted by Gasteiger charge is -2.13. The largest absolute Gasteiger partial charge is 0.457 e. The third kappa shape index (κ3) is 9.66. The topological polar surface area (TPSA) is 161 Å². The fourth-order valence-electron chi connectivity index (χ4n) is 3.22. The van der Waals surface area contributed by atoms with Crippen LogP contribution in [-0.4, -0.2) is 29.9 Å². The monoisotopic (exact) mass is 640 g/mol. The highest BCUT2D eigenvalue weighted by Gasteiger charge is 2.33. The van der Waals surface area contributed by atoms with E-state index in [4.69, 9.17) is 26.6 Å². The van der Waals surface area contributed by atoms with E-state index in [0.29, 0.717) is 6.07 Å². The van der Waals surface area contributed by atoms with Gasteiger partial charge in [0.1, 0.15) is 23.0 Å². The first-order valence-electron chi connectivity index (χ1n) is 11.7. The third-order valence-electron chi connectivity index (χ3n) is 5.26. The normalized spacial score (nSPS) is 11.1. The van der Waals surface area contributed by atoms with Crippen LogP contribution in [0.2, 0.25) is 5.02 Å². The van der Waals surface area contributed by atoms with Crippen molar-refractivity contribution >= 4 is 45.0 Å². The quantitative estimate of drug-likeness (QED) is 0.135. The van der Waals surface area contributed by atoms with Crippen LogP contribution in [0.1, 0.15) is 21.6 Å². The number of amides is 3. The number of carbonyl (C=O) groups is 2. The number of rotatable bonds is 6. The molecule has 5 N–H and O–H groups in total. The smallest absolute Gasteiger partial charge is 0.417 e. The Morgan fingerprint density at radius 1 is 0.953 bits per heavy atom. The number of hydrogen-bond donors (Lipinski definition) is 4. The number of alkyl halides is 3. The predicted octanol–water partition coefficient (Wildman–Crippen LogP) is 6.67. The number of halogens is 5. The summed E-state index contributed by atoms with van der Waals surface area (Å²) in [5.74, 6) is -1.43. The molecule has 3 amide bonds. The summed E-state index contributed by atoms with van der Waals surface area (Å²) >= 11 is 5.53. The molecule has 3 aromatic carbocycles. The van der Waals surface area contributed by atoms with Crippen LogP contribution in [0.4, 0.5) is 33.7 Å². The Kier molecular flexibility index (Phi) is 10.3. The van der Waals surface area contributed by atoms with Gasteiger partial charge in [0.25, 0.3) is 16.0 Å². The van der Waals surface area contributed by atoms with Crippen molar-refractivity contribution in [2.45, 2.75) is 18.0 Å². The molecule has 0 bridgehead atoms. The van der Waals surface area contributed by atoms with Crippen molar-refractivity contribution in [1.29, 1.82) is 0 Å². The Labute approximate surface area is 247 Å².